The van der Waals surface area contributed by atoms with Crippen LogP contribution in [0, 0.1) is 5.82 Å². The average Bonchev–Trinajstić information content (AvgIpc) is 3.06. The van der Waals surface area contributed by atoms with E-state index in [1.807, 2.05) is 0 Å². The molecule has 9 heteroatoms. The highest BCUT2D eigenvalue weighted by Crippen LogP contribution is 2.16. The van der Waals surface area contributed by atoms with E-state index in [9.17, 15) is 18.8 Å². The molecule has 7 nitrogen and oxygen atoms in total. The molecule has 2 N–H and O–H groups in total. The van der Waals surface area contributed by atoms with Gasteiger partial charge in [-0.1, -0.05) is 0 Å². The SMILES string of the molecule is CCOC(=O)Cc1csc(NC(=O)CCCNC(=O)c2ccc(F)cc2)n1. The number of carbonyl (C=O) groups is 3. The summed E-state index contributed by atoms with van der Waals surface area (Å²) in [6.45, 7) is 2.35. The third-order valence-corrected chi connectivity index (χ3v) is 4.21. The number of thiazole rings is 1. The molecule has 0 unspecified atom stereocenters. The maximum absolute atomic E-state index is 12.8. The minimum atomic E-state index is -0.407. The third kappa shape index (κ3) is 7.14. The van der Waals surface area contributed by atoms with Gasteiger partial charge in [-0.25, -0.2) is 9.37 Å². The molecule has 0 aliphatic heterocycles. The van der Waals surface area contributed by atoms with Crippen LogP contribution in [-0.4, -0.2) is 35.9 Å². The van der Waals surface area contributed by atoms with Gasteiger partial charge in [-0.15, -0.1) is 11.3 Å². The van der Waals surface area contributed by atoms with Crippen LogP contribution in [0.2, 0.25) is 0 Å². The molecule has 0 saturated carbocycles. The van der Waals surface area contributed by atoms with E-state index in [1.165, 1.54) is 35.6 Å². The summed E-state index contributed by atoms with van der Waals surface area (Å²) in [5.41, 5.74) is 0.901. The van der Waals surface area contributed by atoms with Crippen molar-refractivity contribution >= 4 is 34.3 Å². The Bertz CT molecular complexity index is 792. The molecular formula is C18H20FN3O4S. The van der Waals surface area contributed by atoms with E-state index in [4.69, 9.17) is 4.74 Å². The minimum absolute atomic E-state index is 0.0651. The molecule has 0 saturated heterocycles. The van der Waals surface area contributed by atoms with Gasteiger partial charge in [0.1, 0.15) is 5.82 Å². The summed E-state index contributed by atoms with van der Waals surface area (Å²) in [5.74, 6) is -1.32. The largest absolute Gasteiger partial charge is 0.466 e. The van der Waals surface area contributed by atoms with E-state index in [0.29, 0.717) is 36.0 Å². The van der Waals surface area contributed by atoms with Gasteiger partial charge in [-0.3, -0.25) is 14.4 Å². The van der Waals surface area contributed by atoms with Gasteiger partial charge < -0.3 is 15.4 Å². The second-order valence-electron chi connectivity index (χ2n) is 5.54. The first-order valence-electron chi connectivity index (χ1n) is 8.41. The lowest BCUT2D eigenvalue weighted by Gasteiger charge is -2.05. The van der Waals surface area contributed by atoms with Gasteiger partial charge in [0, 0.05) is 23.9 Å². The first kappa shape index (κ1) is 20.5. The average molecular weight is 393 g/mol. The van der Waals surface area contributed by atoms with Crippen LogP contribution in [-0.2, 0) is 20.7 Å². The van der Waals surface area contributed by atoms with Crippen molar-refractivity contribution in [3.05, 3.63) is 46.7 Å². The fourth-order valence-corrected chi connectivity index (χ4v) is 2.87. The zero-order valence-corrected chi connectivity index (χ0v) is 15.6. The molecule has 0 spiro atoms. The van der Waals surface area contributed by atoms with Crippen molar-refractivity contribution < 1.29 is 23.5 Å². The predicted molar refractivity (Wildman–Crippen MR) is 99.0 cm³/mol. The molecule has 2 aromatic rings. The molecular weight excluding hydrogens is 373 g/mol. The predicted octanol–water partition coefficient (Wildman–Crippen LogP) is 2.54. The van der Waals surface area contributed by atoms with Crippen molar-refractivity contribution in [2.24, 2.45) is 0 Å². The number of hydrogen-bond acceptors (Lipinski definition) is 6. The highest BCUT2D eigenvalue weighted by Gasteiger charge is 2.11. The topological polar surface area (TPSA) is 97.4 Å². The second-order valence-corrected chi connectivity index (χ2v) is 6.40. The maximum Gasteiger partial charge on any atom is 0.311 e. The van der Waals surface area contributed by atoms with Gasteiger partial charge in [0.2, 0.25) is 5.91 Å². The van der Waals surface area contributed by atoms with Gasteiger partial charge in [0.05, 0.1) is 18.7 Å². The quantitative estimate of drug-likeness (QED) is 0.504. The Morgan fingerprint density at radius 3 is 2.67 bits per heavy atom. The number of benzene rings is 1. The van der Waals surface area contributed by atoms with Crippen LogP contribution in [0.1, 0.15) is 35.8 Å². The highest BCUT2D eigenvalue weighted by molar-refractivity contribution is 7.13. The summed E-state index contributed by atoms with van der Waals surface area (Å²) in [7, 11) is 0. The first-order chi connectivity index (χ1) is 13.0. The zero-order valence-electron chi connectivity index (χ0n) is 14.8. The number of esters is 1. The molecule has 1 heterocycles. The number of nitrogens with one attached hydrogen (secondary N) is 2. The Morgan fingerprint density at radius 2 is 1.96 bits per heavy atom. The van der Waals surface area contributed by atoms with Crippen LogP contribution in [0.15, 0.2) is 29.6 Å². The van der Waals surface area contributed by atoms with E-state index in [2.05, 4.69) is 15.6 Å². The van der Waals surface area contributed by atoms with Crippen LogP contribution in [0.5, 0.6) is 0 Å². The molecule has 0 radical (unpaired) electrons. The Morgan fingerprint density at radius 1 is 1.22 bits per heavy atom. The van der Waals surface area contributed by atoms with Gasteiger partial charge in [-0.05, 0) is 37.6 Å². The molecule has 144 valence electrons. The highest BCUT2D eigenvalue weighted by atomic mass is 32.1. The fraction of sp³-hybridized carbons (Fsp3) is 0.333. The lowest BCUT2D eigenvalue weighted by molar-refractivity contribution is -0.142. The monoisotopic (exact) mass is 393 g/mol. The summed E-state index contributed by atoms with van der Waals surface area (Å²) in [6.07, 6.45) is 0.714. The normalized spacial score (nSPS) is 10.3. The Labute approximate surface area is 159 Å². The summed E-state index contributed by atoms with van der Waals surface area (Å²) >= 11 is 1.23. The second kappa shape index (κ2) is 10.4. The van der Waals surface area contributed by atoms with Gasteiger partial charge in [-0.2, -0.15) is 0 Å². The van der Waals surface area contributed by atoms with E-state index < -0.39 is 5.82 Å². The molecule has 0 atom stereocenters. The first-order valence-corrected chi connectivity index (χ1v) is 9.29. The lowest BCUT2D eigenvalue weighted by Crippen LogP contribution is -2.25. The molecule has 0 fully saturated rings. The standard InChI is InChI=1S/C18H20FN3O4S/c1-2-26-16(24)10-14-11-27-18(21-14)22-15(23)4-3-9-20-17(25)12-5-7-13(19)8-6-12/h5-8,11H,2-4,9-10H2,1H3,(H,20,25)(H,21,22,23). The van der Waals surface area contributed by atoms with Crippen LogP contribution in [0.25, 0.3) is 0 Å². The maximum atomic E-state index is 12.8. The van der Waals surface area contributed by atoms with Gasteiger partial charge in [0.25, 0.3) is 5.91 Å². The zero-order chi connectivity index (χ0) is 19.6. The number of hydrogen-bond donors (Lipinski definition) is 2. The van der Waals surface area contributed by atoms with Crippen LogP contribution in [0.4, 0.5) is 9.52 Å². The van der Waals surface area contributed by atoms with Crippen molar-refractivity contribution in [3.63, 3.8) is 0 Å². The van der Waals surface area contributed by atoms with Crippen LogP contribution < -0.4 is 10.6 Å². The number of ether oxygens (including phenoxy) is 1. The minimum Gasteiger partial charge on any atom is -0.466 e. The van der Waals surface area contributed by atoms with Crippen molar-refractivity contribution in [2.75, 3.05) is 18.5 Å². The van der Waals surface area contributed by atoms with Crippen LogP contribution in [0.3, 0.4) is 0 Å². The molecule has 1 aromatic carbocycles. The van der Waals surface area contributed by atoms with Crippen molar-refractivity contribution in [1.82, 2.24) is 10.3 Å². The van der Waals surface area contributed by atoms with Crippen molar-refractivity contribution in [3.8, 4) is 0 Å². The number of anilines is 1. The number of amides is 2. The lowest BCUT2D eigenvalue weighted by atomic mass is 10.2. The number of nitrogens with zero attached hydrogens (tertiary/aromatic N) is 1. The van der Waals surface area contributed by atoms with Crippen molar-refractivity contribution in [1.29, 1.82) is 0 Å². The van der Waals surface area contributed by atoms with E-state index >= 15 is 0 Å². The fourth-order valence-electron chi connectivity index (χ4n) is 2.14. The number of rotatable bonds is 9. The summed E-state index contributed by atoms with van der Waals surface area (Å²) in [5, 5.41) is 7.43. The van der Waals surface area contributed by atoms with Crippen LogP contribution >= 0.6 is 11.3 Å². The van der Waals surface area contributed by atoms with Gasteiger partial charge in [0.15, 0.2) is 5.13 Å². The number of aromatic nitrogens is 1. The molecule has 0 aliphatic rings. The molecule has 2 rings (SSSR count). The van der Waals surface area contributed by atoms with E-state index in [0.717, 1.165) is 0 Å². The van der Waals surface area contributed by atoms with Crippen molar-refractivity contribution in [2.45, 2.75) is 26.2 Å². The Balaban J connectivity index is 1.67. The van der Waals surface area contributed by atoms with Gasteiger partial charge >= 0.3 is 5.97 Å². The number of halogens is 1. The van der Waals surface area contributed by atoms with E-state index in [1.54, 1.807) is 12.3 Å². The molecule has 0 aliphatic carbocycles. The third-order valence-electron chi connectivity index (χ3n) is 3.40. The summed E-state index contributed by atoms with van der Waals surface area (Å²) in [4.78, 5) is 39.3. The Kier molecular flexibility index (Phi) is 7.87. The number of carbonyl (C=O) groups excluding carboxylic acids is 3. The summed E-state index contributed by atoms with van der Waals surface area (Å²) in [6, 6.07) is 5.22. The van der Waals surface area contributed by atoms with E-state index in [-0.39, 0.29) is 30.6 Å². The molecule has 2 amide bonds. The summed E-state index contributed by atoms with van der Waals surface area (Å²) < 4.78 is 17.7. The molecule has 1 aromatic heterocycles. The molecule has 0 bridgehead atoms. The molecule has 27 heavy (non-hydrogen) atoms. The smallest absolute Gasteiger partial charge is 0.311 e. The Hall–Kier alpha value is -2.81.